The number of hydrogen-bond donors (Lipinski definition) is 2. The van der Waals surface area contributed by atoms with Crippen LogP contribution in [0.2, 0.25) is 0 Å². The number of carbonyl (C=O) groups is 1. The third kappa shape index (κ3) is 4.94. The van der Waals surface area contributed by atoms with E-state index < -0.39 is 0 Å². The SMILES string of the molecule is CC1CNCC1C(=O)NCCCCN(C)C(C)C. The first kappa shape index (κ1) is 15.4. The second-order valence-corrected chi connectivity index (χ2v) is 5.81. The molecule has 1 heterocycles. The summed E-state index contributed by atoms with van der Waals surface area (Å²) in [6.07, 6.45) is 2.21. The number of nitrogens with one attached hydrogen (secondary N) is 2. The van der Waals surface area contributed by atoms with Gasteiger partial charge in [-0.1, -0.05) is 6.92 Å². The zero-order valence-corrected chi connectivity index (χ0v) is 12.3. The highest BCUT2D eigenvalue weighted by Crippen LogP contribution is 2.15. The molecule has 0 aromatic rings. The highest BCUT2D eigenvalue weighted by molar-refractivity contribution is 5.79. The summed E-state index contributed by atoms with van der Waals surface area (Å²) in [4.78, 5) is 14.2. The molecule has 2 atom stereocenters. The van der Waals surface area contributed by atoms with Crippen molar-refractivity contribution < 1.29 is 4.79 Å². The van der Waals surface area contributed by atoms with Crippen molar-refractivity contribution in [3.63, 3.8) is 0 Å². The molecule has 0 saturated carbocycles. The Morgan fingerprint density at radius 3 is 2.67 bits per heavy atom. The molecule has 4 nitrogen and oxygen atoms in total. The Kier molecular flexibility index (Phi) is 6.65. The van der Waals surface area contributed by atoms with Crippen molar-refractivity contribution in [1.82, 2.24) is 15.5 Å². The molecule has 0 bridgehead atoms. The normalized spacial score (nSPS) is 23.9. The highest BCUT2D eigenvalue weighted by Gasteiger charge is 2.28. The van der Waals surface area contributed by atoms with Crippen molar-refractivity contribution in [3.05, 3.63) is 0 Å². The number of rotatable bonds is 7. The average molecular weight is 255 g/mol. The molecule has 1 fully saturated rings. The fourth-order valence-electron chi connectivity index (χ4n) is 2.25. The van der Waals surface area contributed by atoms with Gasteiger partial charge in [-0.15, -0.1) is 0 Å². The minimum absolute atomic E-state index is 0.170. The van der Waals surface area contributed by atoms with Crippen LogP contribution in [0.1, 0.15) is 33.6 Å². The quantitative estimate of drug-likeness (QED) is 0.669. The molecule has 0 radical (unpaired) electrons. The van der Waals surface area contributed by atoms with Gasteiger partial charge in [-0.2, -0.15) is 0 Å². The van der Waals surface area contributed by atoms with Crippen molar-refractivity contribution >= 4 is 5.91 Å². The van der Waals surface area contributed by atoms with E-state index in [4.69, 9.17) is 0 Å². The molecule has 0 aromatic heterocycles. The number of unbranched alkanes of at least 4 members (excludes halogenated alkanes) is 1. The summed E-state index contributed by atoms with van der Waals surface area (Å²) in [5.74, 6) is 0.866. The van der Waals surface area contributed by atoms with Gasteiger partial charge in [0, 0.05) is 19.1 Å². The minimum atomic E-state index is 0.170. The van der Waals surface area contributed by atoms with Crippen molar-refractivity contribution in [1.29, 1.82) is 0 Å². The Hall–Kier alpha value is -0.610. The first-order valence-corrected chi connectivity index (χ1v) is 7.21. The monoisotopic (exact) mass is 255 g/mol. The van der Waals surface area contributed by atoms with Gasteiger partial charge in [0.05, 0.1) is 5.92 Å². The lowest BCUT2D eigenvalue weighted by Gasteiger charge is -2.20. The average Bonchev–Trinajstić information content (AvgIpc) is 2.74. The first-order chi connectivity index (χ1) is 8.52. The van der Waals surface area contributed by atoms with Crippen molar-refractivity contribution in [2.24, 2.45) is 11.8 Å². The lowest BCUT2D eigenvalue weighted by Crippen LogP contribution is -2.35. The molecule has 4 heteroatoms. The van der Waals surface area contributed by atoms with E-state index in [9.17, 15) is 4.79 Å². The van der Waals surface area contributed by atoms with E-state index >= 15 is 0 Å². The summed E-state index contributed by atoms with van der Waals surface area (Å²) >= 11 is 0. The molecule has 1 aliphatic heterocycles. The smallest absolute Gasteiger partial charge is 0.224 e. The predicted octanol–water partition coefficient (Wildman–Crippen LogP) is 1.08. The zero-order chi connectivity index (χ0) is 13.5. The van der Waals surface area contributed by atoms with E-state index in [-0.39, 0.29) is 11.8 Å². The second kappa shape index (κ2) is 7.74. The predicted molar refractivity (Wildman–Crippen MR) is 75.5 cm³/mol. The Morgan fingerprint density at radius 1 is 1.39 bits per heavy atom. The molecule has 2 N–H and O–H groups in total. The van der Waals surface area contributed by atoms with Crippen LogP contribution in [0.15, 0.2) is 0 Å². The van der Waals surface area contributed by atoms with Gasteiger partial charge in [0.1, 0.15) is 0 Å². The lowest BCUT2D eigenvalue weighted by atomic mass is 9.97. The molecule has 1 aliphatic rings. The number of carbonyl (C=O) groups excluding carboxylic acids is 1. The maximum absolute atomic E-state index is 11.9. The van der Waals surface area contributed by atoms with Crippen LogP contribution < -0.4 is 10.6 Å². The third-order valence-electron chi connectivity index (χ3n) is 3.97. The van der Waals surface area contributed by atoms with Gasteiger partial charge >= 0.3 is 0 Å². The number of amides is 1. The van der Waals surface area contributed by atoms with Crippen LogP contribution >= 0.6 is 0 Å². The van der Waals surface area contributed by atoms with Crippen LogP contribution in [0.5, 0.6) is 0 Å². The summed E-state index contributed by atoms with van der Waals surface area (Å²) in [6.45, 7) is 10.3. The minimum Gasteiger partial charge on any atom is -0.356 e. The lowest BCUT2D eigenvalue weighted by molar-refractivity contribution is -0.125. The third-order valence-corrected chi connectivity index (χ3v) is 3.97. The molecule has 106 valence electrons. The van der Waals surface area contributed by atoms with E-state index in [1.165, 1.54) is 0 Å². The molecule has 0 aromatic carbocycles. The second-order valence-electron chi connectivity index (χ2n) is 5.81. The topological polar surface area (TPSA) is 44.4 Å². The summed E-state index contributed by atoms with van der Waals surface area (Å²) in [5.41, 5.74) is 0. The van der Waals surface area contributed by atoms with Crippen LogP contribution in [-0.4, -0.2) is 50.1 Å². The molecule has 0 spiro atoms. The molecular formula is C14H29N3O. The Labute approximate surface area is 111 Å². The van der Waals surface area contributed by atoms with Gasteiger partial charge in [-0.05, 0) is 52.7 Å². The fraction of sp³-hybridized carbons (Fsp3) is 0.929. The van der Waals surface area contributed by atoms with Gasteiger partial charge in [-0.25, -0.2) is 0 Å². The van der Waals surface area contributed by atoms with Crippen molar-refractivity contribution in [2.75, 3.05) is 33.2 Å². The zero-order valence-electron chi connectivity index (χ0n) is 12.3. The van der Waals surface area contributed by atoms with Crippen LogP contribution in [0, 0.1) is 11.8 Å². The number of hydrogen-bond acceptors (Lipinski definition) is 3. The van der Waals surface area contributed by atoms with Gasteiger partial charge in [0.25, 0.3) is 0 Å². The molecule has 0 aliphatic carbocycles. The van der Waals surface area contributed by atoms with Gasteiger partial charge < -0.3 is 15.5 Å². The maximum atomic E-state index is 11.9. The molecule has 1 amide bonds. The standard InChI is InChI=1S/C14H29N3O/c1-11(2)17(4)8-6-5-7-16-14(18)13-10-15-9-12(13)3/h11-13,15H,5-10H2,1-4H3,(H,16,18). The molecule has 2 unspecified atom stereocenters. The fourth-order valence-corrected chi connectivity index (χ4v) is 2.25. The van der Waals surface area contributed by atoms with Gasteiger partial charge in [-0.3, -0.25) is 4.79 Å². The van der Waals surface area contributed by atoms with Crippen LogP contribution in [0.3, 0.4) is 0 Å². The van der Waals surface area contributed by atoms with E-state index in [2.05, 4.69) is 43.4 Å². The summed E-state index contributed by atoms with van der Waals surface area (Å²) < 4.78 is 0. The molecule has 1 saturated heterocycles. The Bertz CT molecular complexity index is 255. The van der Waals surface area contributed by atoms with Gasteiger partial charge in [0.2, 0.25) is 5.91 Å². The van der Waals surface area contributed by atoms with Crippen molar-refractivity contribution in [2.45, 2.75) is 39.7 Å². The van der Waals surface area contributed by atoms with Crippen molar-refractivity contribution in [3.8, 4) is 0 Å². The van der Waals surface area contributed by atoms with Gasteiger partial charge in [0.15, 0.2) is 0 Å². The van der Waals surface area contributed by atoms with Crippen LogP contribution in [0.4, 0.5) is 0 Å². The van der Waals surface area contributed by atoms with Crippen LogP contribution in [0.25, 0.3) is 0 Å². The van der Waals surface area contributed by atoms with E-state index in [1.807, 2.05) is 0 Å². The summed E-state index contributed by atoms with van der Waals surface area (Å²) in [6, 6.07) is 0.602. The van der Waals surface area contributed by atoms with E-state index in [0.29, 0.717) is 12.0 Å². The molecular weight excluding hydrogens is 226 g/mol. The summed E-state index contributed by atoms with van der Waals surface area (Å²) in [7, 11) is 2.15. The molecule has 1 rings (SSSR count). The Morgan fingerprint density at radius 2 is 2.11 bits per heavy atom. The largest absolute Gasteiger partial charge is 0.356 e. The maximum Gasteiger partial charge on any atom is 0.224 e. The first-order valence-electron chi connectivity index (χ1n) is 7.21. The molecule has 18 heavy (non-hydrogen) atoms. The van der Waals surface area contributed by atoms with Crippen LogP contribution in [-0.2, 0) is 4.79 Å². The summed E-state index contributed by atoms with van der Waals surface area (Å²) in [5, 5.41) is 6.32. The Balaban J connectivity index is 2.05. The van der Waals surface area contributed by atoms with E-state index in [0.717, 1.165) is 39.0 Å². The highest BCUT2D eigenvalue weighted by atomic mass is 16.1. The van der Waals surface area contributed by atoms with E-state index in [1.54, 1.807) is 0 Å². The number of nitrogens with zero attached hydrogens (tertiary/aromatic N) is 1.